The Bertz CT molecular complexity index is 1730. The average molecular weight is 616 g/mol. The number of anilines is 2. The molecule has 1 fully saturated rings. The average Bonchev–Trinajstić information content (AvgIpc) is 3.02. The molecule has 44 heavy (non-hydrogen) atoms. The van der Waals surface area contributed by atoms with Crippen molar-refractivity contribution in [1.29, 1.82) is 5.26 Å². The Hall–Kier alpha value is -4.59. The van der Waals surface area contributed by atoms with Crippen molar-refractivity contribution in [2.75, 3.05) is 25.5 Å². The highest BCUT2D eigenvalue weighted by molar-refractivity contribution is 6.33. The molecule has 0 spiro atoms. The number of aliphatic hydroxyl groups is 1. The van der Waals surface area contributed by atoms with Gasteiger partial charge in [-0.3, -0.25) is 9.97 Å². The lowest BCUT2D eigenvalue weighted by atomic mass is 9.86. The van der Waals surface area contributed by atoms with Crippen molar-refractivity contribution >= 4 is 40.0 Å². The number of hydrogen-bond donors (Lipinski definition) is 2. The van der Waals surface area contributed by atoms with Crippen molar-refractivity contribution in [1.82, 2.24) is 14.9 Å². The highest BCUT2D eigenvalue weighted by Crippen LogP contribution is 2.39. The molecule has 0 bridgehead atoms. The molecule has 11 heteroatoms. The van der Waals surface area contributed by atoms with Crippen molar-refractivity contribution < 1.29 is 24.1 Å². The van der Waals surface area contributed by atoms with Crippen LogP contribution in [0.5, 0.6) is 17.2 Å². The van der Waals surface area contributed by atoms with Gasteiger partial charge >= 0.3 is 6.09 Å². The number of likely N-dealkylation sites (tertiary alicyclic amines) is 1. The number of amides is 1. The van der Waals surface area contributed by atoms with Gasteiger partial charge in [-0.15, -0.1) is 0 Å². The van der Waals surface area contributed by atoms with Crippen LogP contribution < -0.4 is 19.5 Å². The minimum absolute atomic E-state index is 0.0259. The van der Waals surface area contributed by atoms with E-state index in [0.29, 0.717) is 58.5 Å². The summed E-state index contributed by atoms with van der Waals surface area (Å²) in [5.74, 6) is 0.964. The number of nitrogens with zero attached hydrogens (tertiary/aromatic N) is 4. The monoisotopic (exact) mass is 615 g/mol. The molecule has 1 saturated heterocycles. The number of hydrogen-bond acceptors (Lipinski definition) is 9. The second-order valence-electron chi connectivity index (χ2n) is 10.9. The van der Waals surface area contributed by atoms with Crippen LogP contribution in [0, 0.1) is 30.1 Å². The number of nitrogens with one attached hydrogen (secondary N) is 1. The lowest BCUT2D eigenvalue weighted by Gasteiger charge is -2.39. The number of aliphatic hydroxyl groups excluding tert-OH is 1. The van der Waals surface area contributed by atoms with Gasteiger partial charge in [0, 0.05) is 54.8 Å². The van der Waals surface area contributed by atoms with Gasteiger partial charge in [0.2, 0.25) is 0 Å². The summed E-state index contributed by atoms with van der Waals surface area (Å²) in [6, 6.07) is 14.5. The van der Waals surface area contributed by atoms with Crippen molar-refractivity contribution in [2.45, 2.75) is 39.9 Å². The molecule has 4 aromatic rings. The van der Waals surface area contributed by atoms with Gasteiger partial charge in [0.25, 0.3) is 0 Å². The first-order chi connectivity index (χ1) is 21.2. The van der Waals surface area contributed by atoms with Crippen LogP contribution in [-0.4, -0.2) is 52.4 Å². The molecule has 3 atom stereocenters. The van der Waals surface area contributed by atoms with E-state index >= 15 is 0 Å². The molecule has 3 heterocycles. The summed E-state index contributed by atoms with van der Waals surface area (Å²) in [7, 11) is 1.47. The summed E-state index contributed by atoms with van der Waals surface area (Å²) in [6.45, 7) is 6.98. The molecule has 1 aliphatic heterocycles. The molecular weight excluding hydrogens is 582 g/mol. The zero-order chi connectivity index (χ0) is 31.4. The van der Waals surface area contributed by atoms with E-state index in [0.717, 1.165) is 17.7 Å². The number of rotatable bonds is 8. The third-order valence-corrected chi connectivity index (χ3v) is 8.29. The van der Waals surface area contributed by atoms with Crippen LogP contribution in [-0.2, 0) is 6.61 Å². The highest BCUT2D eigenvalue weighted by Gasteiger charge is 2.35. The van der Waals surface area contributed by atoms with Crippen molar-refractivity contribution in [3.8, 4) is 23.3 Å². The summed E-state index contributed by atoms with van der Waals surface area (Å²) in [5.41, 5.74) is 3.66. The number of ether oxygens (including phenoxy) is 3. The number of aryl methyl sites for hydroxylation is 1. The lowest BCUT2D eigenvalue weighted by molar-refractivity contribution is -0.00932. The van der Waals surface area contributed by atoms with Gasteiger partial charge in [-0.1, -0.05) is 31.5 Å². The molecule has 0 radical (unpaired) electrons. The molecule has 0 saturated carbocycles. The fraction of sp³-hybridized carbons (Fsp3) is 0.333. The van der Waals surface area contributed by atoms with E-state index in [4.69, 9.17) is 25.8 Å². The predicted octanol–water partition coefficient (Wildman–Crippen LogP) is 6.63. The van der Waals surface area contributed by atoms with Crippen LogP contribution in [0.15, 0.2) is 54.9 Å². The molecule has 1 amide bonds. The Kier molecular flexibility index (Phi) is 9.37. The summed E-state index contributed by atoms with van der Waals surface area (Å²) >= 11 is 6.63. The molecular formula is C33H34ClN5O5. The van der Waals surface area contributed by atoms with Crippen molar-refractivity contribution in [3.05, 3.63) is 76.7 Å². The van der Waals surface area contributed by atoms with E-state index in [9.17, 15) is 15.2 Å². The Labute approximate surface area is 261 Å². The first-order valence-corrected chi connectivity index (χ1v) is 14.8. The number of carbonyl (C=O) groups is 1. The minimum atomic E-state index is -0.529. The van der Waals surface area contributed by atoms with E-state index in [1.165, 1.54) is 13.3 Å². The van der Waals surface area contributed by atoms with E-state index in [1.807, 2.05) is 32.9 Å². The van der Waals surface area contributed by atoms with E-state index in [2.05, 4.69) is 21.4 Å². The summed E-state index contributed by atoms with van der Waals surface area (Å²) in [4.78, 5) is 23.6. The van der Waals surface area contributed by atoms with Gasteiger partial charge in [0.15, 0.2) is 11.5 Å². The zero-order valence-electron chi connectivity index (χ0n) is 25.0. The highest BCUT2D eigenvalue weighted by atomic mass is 35.5. The Morgan fingerprint density at radius 3 is 2.73 bits per heavy atom. The number of piperidine rings is 1. The van der Waals surface area contributed by atoms with Crippen LogP contribution in [0.1, 0.15) is 37.1 Å². The normalized spacial score (nSPS) is 18.0. The van der Waals surface area contributed by atoms with Gasteiger partial charge in [-0.05, 0) is 43.2 Å². The quantitative estimate of drug-likeness (QED) is 0.224. The minimum Gasteiger partial charge on any atom is -0.493 e. The van der Waals surface area contributed by atoms with Gasteiger partial charge in [0.1, 0.15) is 18.4 Å². The van der Waals surface area contributed by atoms with E-state index in [-0.39, 0.29) is 23.1 Å². The number of halogens is 1. The maximum absolute atomic E-state index is 13.2. The first-order valence-electron chi connectivity index (χ1n) is 14.4. The fourth-order valence-electron chi connectivity index (χ4n) is 5.37. The molecule has 0 aliphatic carbocycles. The number of carbonyl (C=O) groups excluding carboxylic acids is 1. The Morgan fingerprint density at radius 1 is 1.20 bits per heavy atom. The fourth-order valence-corrected chi connectivity index (χ4v) is 5.58. The molecule has 10 nitrogen and oxygen atoms in total. The number of fused-ring (bicyclic) bond motifs is 1. The van der Waals surface area contributed by atoms with Gasteiger partial charge in [-0.2, -0.15) is 5.26 Å². The Balaban J connectivity index is 1.39. The molecule has 2 N–H and O–H groups in total. The molecule has 1 aliphatic rings. The topological polar surface area (TPSA) is 130 Å². The lowest BCUT2D eigenvalue weighted by Crippen LogP contribution is -2.51. The molecule has 2 aromatic heterocycles. The first kappa shape index (κ1) is 30.9. The number of methoxy groups -OCH3 is 1. The third kappa shape index (κ3) is 6.49. The zero-order valence-corrected chi connectivity index (χ0v) is 25.8. The predicted molar refractivity (Wildman–Crippen MR) is 168 cm³/mol. The standard InChI is InChI=1S/C33H34ClN5O5/c1-5-21-17-39(16-20(3)32(21)40)33(41)44-30-13-27-24(12-29(30)42-4)31(22(14-35)15-37-27)38-26-9-8-23(11-25(26)34)43-18-28-19(2)7-6-10-36-28/h6-13,15,20-21,32,40H,5,16-18H2,1-4H3,(H,37,38). The van der Waals surface area contributed by atoms with Gasteiger partial charge in [-0.25, -0.2) is 4.79 Å². The van der Waals surface area contributed by atoms with Crippen molar-refractivity contribution in [2.24, 2.45) is 11.8 Å². The molecule has 228 valence electrons. The summed E-state index contributed by atoms with van der Waals surface area (Å²) < 4.78 is 17.3. The van der Waals surface area contributed by atoms with E-state index < -0.39 is 12.2 Å². The van der Waals surface area contributed by atoms with Crippen LogP contribution in [0.4, 0.5) is 16.2 Å². The molecule has 3 unspecified atom stereocenters. The third-order valence-electron chi connectivity index (χ3n) is 7.98. The second kappa shape index (κ2) is 13.4. The largest absolute Gasteiger partial charge is 0.493 e. The number of aromatic nitrogens is 2. The smallest absolute Gasteiger partial charge is 0.415 e. The molecule has 2 aromatic carbocycles. The van der Waals surface area contributed by atoms with Crippen LogP contribution >= 0.6 is 11.6 Å². The molecule has 5 rings (SSSR count). The van der Waals surface area contributed by atoms with Crippen LogP contribution in [0.3, 0.4) is 0 Å². The SMILES string of the molecule is CCC1CN(C(=O)Oc2cc3ncc(C#N)c(Nc4ccc(OCc5ncccc5C)cc4Cl)c3cc2OC)CC(C)C1O. The van der Waals surface area contributed by atoms with Crippen LogP contribution in [0.25, 0.3) is 10.9 Å². The second-order valence-corrected chi connectivity index (χ2v) is 11.3. The maximum Gasteiger partial charge on any atom is 0.415 e. The maximum atomic E-state index is 13.2. The number of benzene rings is 2. The van der Waals surface area contributed by atoms with Gasteiger partial charge < -0.3 is 29.5 Å². The number of nitriles is 1. The van der Waals surface area contributed by atoms with E-state index in [1.54, 1.807) is 41.4 Å². The summed E-state index contributed by atoms with van der Waals surface area (Å²) in [5, 5.41) is 24.6. The van der Waals surface area contributed by atoms with Crippen molar-refractivity contribution in [3.63, 3.8) is 0 Å². The van der Waals surface area contributed by atoms with Crippen LogP contribution in [0.2, 0.25) is 5.02 Å². The summed E-state index contributed by atoms with van der Waals surface area (Å²) in [6.07, 6.45) is 2.93. The van der Waals surface area contributed by atoms with Gasteiger partial charge in [0.05, 0.1) is 46.4 Å². The Morgan fingerprint density at radius 2 is 2.02 bits per heavy atom. The number of pyridine rings is 2.